The number of rotatable bonds is 2. The molecule has 0 spiro atoms. The van der Waals surface area contributed by atoms with Gasteiger partial charge in [-0.3, -0.25) is 4.98 Å². The molecule has 4 rings (SSSR count). The minimum atomic E-state index is 0.586. The van der Waals surface area contributed by atoms with Gasteiger partial charge in [0.25, 0.3) is 0 Å². The maximum atomic E-state index is 9.17. The molecule has 120 valence electrons. The normalized spacial score (nSPS) is 10.8. The van der Waals surface area contributed by atoms with Gasteiger partial charge in [-0.05, 0) is 31.2 Å². The zero-order chi connectivity index (χ0) is 17.4. The van der Waals surface area contributed by atoms with E-state index in [1.807, 2.05) is 37.3 Å². The fourth-order valence-electron chi connectivity index (χ4n) is 2.69. The standard InChI is InChI=1S/C19H11ClN4S/c1-11-9-22-17(14-6-15(20)19-16(7-14)25-10-23-19)18(24-11)13-4-2-3-12(5-13)8-21/h2-7,9-10H,1H3. The average Bonchev–Trinajstić information content (AvgIpc) is 3.11. The summed E-state index contributed by atoms with van der Waals surface area (Å²) in [5.74, 6) is 0. The van der Waals surface area contributed by atoms with Crippen molar-refractivity contribution in [3.8, 4) is 28.6 Å². The van der Waals surface area contributed by atoms with Crippen molar-refractivity contribution in [1.29, 1.82) is 5.26 Å². The Morgan fingerprint density at radius 3 is 2.80 bits per heavy atom. The highest BCUT2D eigenvalue weighted by Crippen LogP contribution is 2.35. The molecule has 25 heavy (non-hydrogen) atoms. The molecule has 0 radical (unpaired) electrons. The molecule has 0 saturated carbocycles. The first-order valence-corrected chi connectivity index (χ1v) is 8.79. The predicted octanol–water partition coefficient (Wildman–Crippen LogP) is 5.25. The Labute approximate surface area is 153 Å². The van der Waals surface area contributed by atoms with E-state index in [9.17, 15) is 5.26 Å². The highest BCUT2D eigenvalue weighted by molar-refractivity contribution is 7.16. The molecule has 0 atom stereocenters. The van der Waals surface area contributed by atoms with E-state index in [1.165, 1.54) is 11.3 Å². The summed E-state index contributed by atoms with van der Waals surface area (Å²) >= 11 is 7.92. The lowest BCUT2D eigenvalue weighted by molar-refractivity contribution is 1.13. The second-order valence-corrected chi connectivity index (χ2v) is 6.85. The van der Waals surface area contributed by atoms with E-state index in [4.69, 9.17) is 11.6 Å². The smallest absolute Gasteiger partial charge is 0.0998 e. The second kappa shape index (κ2) is 6.25. The van der Waals surface area contributed by atoms with Crippen LogP contribution in [0.4, 0.5) is 0 Å². The fraction of sp³-hybridized carbons (Fsp3) is 0.0526. The Bertz CT molecular complexity index is 1140. The largest absolute Gasteiger partial charge is 0.252 e. The molecule has 0 saturated heterocycles. The van der Waals surface area contributed by atoms with Gasteiger partial charge in [-0.2, -0.15) is 5.26 Å². The summed E-state index contributed by atoms with van der Waals surface area (Å²) in [6.45, 7) is 1.90. The van der Waals surface area contributed by atoms with Crippen molar-refractivity contribution in [2.45, 2.75) is 6.92 Å². The Morgan fingerprint density at radius 2 is 1.96 bits per heavy atom. The summed E-state index contributed by atoms with van der Waals surface area (Å²) in [5.41, 5.74) is 7.17. The summed E-state index contributed by atoms with van der Waals surface area (Å²) in [5, 5.41) is 9.76. The molecule has 4 aromatic rings. The van der Waals surface area contributed by atoms with Crippen LogP contribution in [0.1, 0.15) is 11.3 Å². The maximum absolute atomic E-state index is 9.17. The molecule has 0 aliphatic heterocycles. The Kier molecular flexibility index (Phi) is 3.92. The van der Waals surface area contributed by atoms with E-state index in [0.717, 1.165) is 38.4 Å². The number of halogens is 1. The van der Waals surface area contributed by atoms with Gasteiger partial charge >= 0.3 is 0 Å². The number of nitriles is 1. The van der Waals surface area contributed by atoms with E-state index in [0.29, 0.717) is 10.6 Å². The van der Waals surface area contributed by atoms with Gasteiger partial charge in [0, 0.05) is 17.3 Å². The SMILES string of the molecule is Cc1cnc(-c2cc(Cl)c3ncsc3c2)c(-c2cccc(C#N)c2)n1. The molecule has 2 aromatic heterocycles. The highest BCUT2D eigenvalue weighted by atomic mass is 35.5. The third-order valence-electron chi connectivity index (χ3n) is 3.82. The monoisotopic (exact) mass is 362 g/mol. The molecule has 0 aliphatic carbocycles. The van der Waals surface area contributed by atoms with Crippen molar-refractivity contribution in [1.82, 2.24) is 15.0 Å². The molecule has 0 aliphatic rings. The van der Waals surface area contributed by atoms with Crippen molar-refractivity contribution >= 4 is 33.2 Å². The lowest BCUT2D eigenvalue weighted by Crippen LogP contribution is -1.96. The fourth-order valence-corrected chi connectivity index (χ4v) is 3.75. The second-order valence-electron chi connectivity index (χ2n) is 5.56. The van der Waals surface area contributed by atoms with Crippen LogP contribution in [0.5, 0.6) is 0 Å². The minimum Gasteiger partial charge on any atom is -0.252 e. The first-order valence-electron chi connectivity index (χ1n) is 7.53. The summed E-state index contributed by atoms with van der Waals surface area (Å²) in [4.78, 5) is 13.5. The van der Waals surface area contributed by atoms with Gasteiger partial charge in [-0.1, -0.05) is 23.7 Å². The first kappa shape index (κ1) is 15.7. The molecule has 0 fully saturated rings. The van der Waals surface area contributed by atoms with Crippen LogP contribution in [0.25, 0.3) is 32.7 Å². The molecule has 6 heteroatoms. The van der Waals surface area contributed by atoms with Crippen molar-refractivity contribution in [3.63, 3.8) is 0 Å². The van der Waals surface area contributed by atoms with E-state index >= 15 is 0 Å². The van der Waals surface area contributed by atoms with Crippen LogP contribution >= 0.6 is 22.9 Å². The van der Waals surface area contributed by atoms with Crippen LogP contribution in [0.3, 0.4) is 0 Å². The molecule has 0 unspecified atom stereocenters. The van der Waals surface area contributed by atoms with Crippen molar-refractivity contribution in [2.24, 2.45) is 0 Å². The van der Waals surface area contributed by atoms with Crippen molar-refractivity contribution in [2.75, 3.05) is 0 Å². The van der Waals surface area contributed by atoms with Crippen LogP contribution in [0, 0.1) is 18.3 Å². The van der Waals surface area contributed by atoms with Gasteiger partial charge in [0.1, 0.15) is 0 Å². The molecule has 0 N–H and O–H groups in total. The number of fused-ring (bicyclic) bond motifs is 1. The van der Waals surface area contributed by atoms with Gasteiger partial charge in [-0.25, -0.2) is 9.97 Å². The average molecular weight is 363 g/mol. The summed E-state index contributed by atoms with van der Waals surface area (Å²) < 4.78 is 1.00. The van der Waals surface area contributed by atoms with E-state index in [1.54, 1.807) is 17.8 Å². The van der Waals surface area contributed by atoms with Crippen molar-refractivity contribution < 1.29 is 0 Å². The molecule has 0 bridgehead atoms. The van der Waals surface area contributed by atoms with Gasteiger partial charge in [-0.15, -0.1) is 11.3 Å². The quantitative estimate of drug-likeness (QED) is 0.488. The lowest BCUT2D eigenvalue weighted by Gasteiger charge is -2.10. The van der Waals surface area contributed by atoms with Gasteiger partial charge in [0.2, 0.25) is 0 Å². The topological polar surface area (TPSA) is 62.5 Å². The molecule has 2 heterocycles. The minimum absolute atomic E-state index is 0.586. The molecular formula is C19H11ClN4S. The third-order valence-corrected chi connectivity index (χ3v) is 4.89. The number of aromatic nitrogens is 3. The van der Waals surface area contributed by atoms with E-state index < -0.39 is 0 Å². The van der Waals surface area contributed by atoms with Gasteiger partial charge in [0.15, 0.2) is 0 Å². The summed E-state index contributed by atoms with van der Waals surface area (Å²) in [7, 11) is 0. The Morgan fingerprint density at radius 1 is 1.08 bits per heavy atom. The number of hydrogen-bond acceptors (Lipinski definition) is 5. The van der Waals surface area contributed by atoms with Crippen LogP contribution < -0.4 is 0 Å². The van der Waals surface area contributed by atoms with Gasteiger partial charge in [0.05, 0.1) is 49.5 Å². The van der Waals surface area contributed by atoms with Crippen LogP contribution in [-0.4, -0.2) is 15.0 Å². The summed E-state index contributed by atoms with van der Waals surface area (Å²) in [6.07, 6.45) is 1.73. The zero-order valence-electron chi connectivity index (χ0n) is 13.2. The van der Waals surface area contributed by atoms with Gasteiger partial charge < -0.3 is 0 Å². The Hall–Kier alpha value is -2.81. The number of thiazole rings is 1. The number of aryl methyl sites for hydroxylation is 1. The zero-order valence-corrected chi connectivity index (χ0v) is 14.8. The molecular weight excluding hydrogens is 352 g/mol. The highest BCUT2D eigenvalue weighted by Gasteiger charge is 2.14. The van der Waals surface area contributed by atoms with Crippen molar-refractivity contribution in [3.05, 3.63) is 64.4 Å². The lowest BCUT2D eigenvalue weighted by atomic mass is 10.0. The Balaban J connectivity index is 1.97. The molecule has 4 nitrogen and oxygen atoms in total. The maximum Gasteiger partial charge on any atom is 0.0998 e. The van der Waals surface area contributed by atoms with Crippen LogP contribution in [-0.2, 0) is 0 Å². The van der Waals surface area contributed by atoms with E-state index in [2.05, 4.69) is 21.0 Å². The van der Waals surface area contributed by atoms with E-state index in [-0.39, 0.29) is 0 Å². The third kappa shape index (κ3) is 2.86. The number of hydrogen-bond donors (Lipinski definition) is 0. The number of benzene rings is 2. The van der Waals surface area contributed by atoms with Crippen LogP contribution in [0.15, 0.2) is 48.1 Å². The van der Waals surface area contributed by atoms with Crippen LogP contribution in [0.2, 0.25) is 5.02 Å². The predicted molar refractivity (Wildman–Crippen MR) is 101 cm³/mol. The molecule has 0 amide bonds. The summed E-state index contributed by atoms with van der Waals surface area (Å²) in [6, 6.07) is 13.4. The number of nitrogens with zero attached hydrogens (tertiary/aromatic N) is 4. The first-order chi connectivity index (χ1) is 12.2. The molecule has 2 aromatic carbocycles.